The molecule has 0 N–H and O–H groups in total. The molecule has 2 aromatic heterocycles. The SMILES string of the molecule is CN1Cc2c(-c3noc(CN4CCOCC4)n3)ncn2-c2ccc(F)cc2C1=O. The van der Waals surface area contributed by atoms with Crippen LogP contribution in [-0.4, -0.2) is 68.7 Å². The van der Waals surface area contributed by atoms with Gasteiger partial charge >= 0.3 is 0 Å². The summed E-state index contributed by atoms with van der Waals surface area (Å²) in [4.78, 5) is 25.4. The molecule has 150 valence electrons. The van der Waals surface area contributed by atoms with Crippen LogP contribution >= 0.6 is 0 Å². The Hall–Kier alpha value is -3.11. The number of carbonyl (C=O) groups excluding carboxylic acids is 1. The van der Waals surface area contributed by atoms with Crippen molar-refractivity contribution >= 4 is 5.91 Å². The highest BCUT2D eigenvalue weighted by molar-refractivity contribution is 5.98. The highest BCUT2D eigenvalue weighted by Gasteiger charge is 2.28. The Morgan fingerprint density at radius 2 is 2.07 bits per heavy atom. The van der Waals surface area contributed by atoms with Gasteiger partial charge in [-0.3, -0.25) is 14.3 Å². The number of aromatic nitrogens is 4. The lowest BCUT2D eigenvalue weighted by Gasteiger charge is -2.24. The van der Waals surface area contributed by atoms with Gasteiger partial charge < -0.3 is 14.2 Å². The number of fused-ring (bicyclic) bond motifs is 3. The van der Waals surface area contributed by atoms with Crippen molar-refractivity contribution in [2.75, 3.05) is 33.4 Å². The van der Waals surface area contributed by atoms with Crippen LogP contribution < -0.4 is 0 Å². The minimum atomic E-state index is -0.458. The van der Waals surface area contributed by atoms with E-state index in [0.717, 1.165) is 18.8 Å². The number of carbonyl (C=O) groups is 1. The number of hydrogen-bond acceptors (Lipinski definition) is 7. The fraction of sp³-hybridized carbons (Fsp3) is 0.368. The lowest BCUT2D eigenvalue weighted by molar-refractivity contribution is 0.0297. The van der Waals surface area contributed by atoms with Gasteiger partial charge in [0.15, 0.2) is 0 Å². The van der Waals surface area contributed by atoms with Crippen molar-refractivity contribution < 1.29 is 18.4 Å². The van der Waals surface area contributed by atoms with Gasteiger partial charge in [-0.25, -0.2) is 9.37 Å². The molecule has 0 radical (unpaired) electrons. The molecule has 0 aliphatic carbocycles. The van der Waals surface area contributed by atoms with Crippen LogP contribution in [0.1, 0.15) is 21.9 Å². The molecule has 29 heavy (non-hydrogen) atoms. The number of nitrogens with zero attached hydrogens (tertiary/aromatic N) is 6. The highest BCUT2D eigenvalue weighted by Crippen LogP contribution is 2.29. The number of hydrogen-bond donors (Lipinski definition) is 0. The predicted molar refractivity (Wildman–Crippen MR) is 98.7 cm³/mol. The summed E-state index contributed by atoms with van der Waals surface area (Å²) in [6.45, 7) is 3.85. The lowest BCUT2D eigenvalue weighted by Crippen LogP contribution is -2.35. The third kappa shape index (κ3) is 3.19. The molecule has 1 aromatic carbocycles. The second-order valence-electron chi connectivity index (χ2n) is 7.13. The first kappa shape index (κ1) is 18.0. The molecule has 0 saturated carbocycles. The molecule has 0 atom stereocenters. The van der Waals surface area contributed by atoms with Crippen LogP contribution in [0, 0.1) is 5.82 Å². The molecule has 9 nitrogen and oxygen atoms in total. The largest absolute Gasteiger partial charge is 0.379 e. The smallest absolute Gasteiger partial charge is 0.256 e. The number of ether oxygens (including phenoxy) is 1. The van der Waals surface area contributed by atoms with E-state index in [1.807, 2.05) is 0 Å². The molecule has 10 heteroatoms. The Morgan fingerprint density at radius 1 is 1.24 bits per heavy atom. The van der Waals surface area contributed by atoms with E-state index in [9.17, 15) is 9.18 Å². The third-order valence-electron chi connectivity index (χ3n) is 5.19. The molecule has 5 rings (SSSR count). The summed E-state index contributed by atoms with van der Waals surface area (Å²) in [5.74, 6) is 0.160. The number of amides is 1. The first-order valence-corrected chi connectivity index (χ1v) is 9.35. The number of halogens is 1. The molecule has 1 amide bonds. The van der Waals surface area contributed by atoms with Crippen LogP contribution in [0.25, 0.3) is 17.2 Å². The van der Waals surface area contributed by atoms with E-state index >= 15 is 0 Å². The lowest BCUT2D eigenvalue weighted by atomic mass is 10.1. The van der Waals surface area contributed by atoms with Crippen LogP contribution in [0.2, 0.25) is 0 Å². The van der Waals surface area contributed by atoms with E-state index in [-0.39, 0.29) is 18.0 Å². The fourth-order valence-electron chi connectivity index (χ4n) is 3.68. The van der Waals surface area contributed by atoms with Gasteiger partial charge in [-0.05, 0) is 18.2 Å². The summed E-state index contributed by atoms with van der Waals surface area (Å²) >= 11 is 0. The van der Waals surface area contributed by atoms with Gasteiger partial charge in [-0.2, -0.15) is 4.98 Å². The highest BCUT2D eigenvalue weighted by atomic mass is 19.1. The van der Waals surface area contributed by atoms with Gasteiger partial charge in [-0.1, -0.05) is 5.16 Å². The molecule has 1 saturated heterocycles. The Morgan fingerprint density at radius 3 is 2.90 bits per heavy atom. The summed E-state index contributed by atoms with van der Waals surface area (Å²) in [5, 5.41) is 4.09. The van der Waals surface area contributed by atoms with E-state index < -0.39 is 5.82 Å². The average molecular weight is 398 g/mol. The fourth-order valence-corrected chi connectivity index (χ4v) is 3.68. The number of benzene rings is 1. The predicted octanol–water partition coefficient (Wildman–Crippen LogP) is 1.48. The molecular weight excluding hydrogens is 379 g/mol. The van der Waals surface area contributed by atoms with Crippen molar-refractivity contribution in [2.45, 2.75) is 13.1 Å². The second-order valence-corrected chi connectivity index (χ2v) is 7.13. The summed E-state index contributed by atoms with van der Waals surface area (Å²) in [6.07, 6.45) is 1.60. The maximum Gasteiger partial charge on any atom is 0.256 e. The van der Waals surface area contributed by atoms with E-state index in [1.54, 1.807) is 24.0 Å². The summed E-state index contributed by atoms with van der Waals surface area (Å²) in [5.41, 5.74) is 2.14. The van der Waals surface area contributed by atoms with Gasteiger partial charge in [-0.15, -0.1) is 0 Å². The number of imidazole rings is 1. The van der Waals surface area contributed by atoms with Crippen molar-refractivity contribution in [2.24, 2.45) is 0 Å². The molecule has 2 aliphatic rings. The van der Waals surface area contributed by atoms with Crippen LogP contribution in [0.3, 0.4) is 0 Å². The first-order chi connectivity index (χ1) is 14.1. The summed E-state index contributed by atoms with van der Waals surface area (Å²) in [6, 6.07) is 4.16. The van der Waals surface area contributed by atoms with Crippen LogP contribution in [0.15, 0.2) is 29.0 Å². The Labute approximate surface area is 165 Å². The molecule has 3 aromatic rings. The van der Waals surface area contributed by atoms with Crippen molar-refractivity contribution in [1.29, 1.82) is 0 Å². The van der Waals surface area contributed by atoms with Crippen LogP contribution in [0.4, 0.5) is 4.39 Å². The normalized spacial score (nSPS) is 17.2. The van der Waals surface area contributed by atoms with Gasteiger partial charge in [0, 0.05) is 20.1 Å². The third-order valence-corrected chi connectivity index (χ3v) is 5.19. The minimum absolute atomic E-state index is 0.254. The zero-order valence-corrected chi connectivity index (χ0v) is 15.8. The molecule has 0 bridgehead atoms. The second kappa shape index (κ2) is 7.05. The van der Waals surface area contributed by atoms with Gasteiger partial charge in [0.1, 0.15) is 17.8 Å². The first-order valence-electron chi connectivity index (χ1n) is 9.35. The Bertz CT molecular complexity index is 1070. The van der Waals surface area contributed by atoms with Gasteiger partial charge in [0.2, 0.25) is 11.7 Å². The van der Waals surface area contributed by atoms with Crippen molar-refractivity contribution in [3.8, 4) is 17.2 Å². The standard InChI is InChI=1S/C19H19FN6O3/c1-24-9-15-17(18-22-16(29-23-18)10-25-4-6-28-7-5-25)21-11-26(15)14-3-2-12(20)8-13(14)19(24)27/h2-3,8,11H,4-7,9-10H2,1H3. The number of morpholine rings is 1. The zero-order chi connectivity index (χ0) is 20.0. The molecule has 0 unspecified atom stereocenters. The van der Waals surface area contributed by atoms with Crippen LogP contribution in [0.5, 0.6) is 0 Å². The maximum absolute atomic E-state index is 13.7. The van der Waals surface area contributed by atoms with Crippen LogP contribution in [-0.2, 0) is 17.8 Å². The Balaban J connectivity index is 1.50. The van der Waals surface area contributed by atoms with Gasteiger partial charge in [0.25, 0.3) is 5.91 Å². The molecular formula is C19H19FN6O3. The quantitative estimate of drug-likeness (QED) is 0.660. The van der Waals surface area contributed by atoms with E-state index in [4.69, 9.17) is 9.26 Å². The monoisotopic (exact) mass is 398 g/mol. The van der Waals surface area contributed by atoms with Crippen molar-refractivity contribution in [3.05, 3.63) is 47.5 Å². The molecule has 2 aliphatic heterocycles. The van der Waals surface area contributed by atoms with E-state index in [0.29, 0.717) is 42.9 Å². The van der Waals surface area contributed by atoms with E-state index in [1.165, 1.54) is 17.0 Å². The number of rotatable bonds is 3. The minimum Gasteiger partial charge on any atom is -0.379 e. The van der Waals surface area contributed by atoms with Gasteiger partial charge in [0.05, 0.1) is 43.2 Å². The Kier molecular flexibility index (Phi) is 4.36. The maximum atomic E-state index is 13.7. The zero-order valence-electron chi connectivity index (χ0n) is 15.8. The topological polar surface area (TPSA) is 89.5 Å². The molecule has 4 heterocycles. The summed E-state index contributed by atoms with van der Waals surface area (Å²) < 4.78 is 26.3. The van der Waals surface area contributed by atoms with Crippen molar-refractivity contribution in [3.63, 3.8) is 0 Å². The average Bonchev–Trinajstić information content (AvgIpc) is 3.33. The molecule has 0 spiro atoms. The molecule has 1 fully saturated rings. The summed E-state index contributed by atoms with van der Waals surface area (Å²) in [7, 11) is 1.67. The van der Waals surface area contributed by atoms with E-state index in [2.05, 4.69) is 20.0 Å². The van der Waals surface area contributed by atoms with Crippen molar-refractivity contribution in [1.82, 2.24) is 29.5 Å².